The minimum Gasteiger partial charge on any atom is -0.335 e. The quantitative estimate of drug-likeness (QED) is 0.706. The third-order valence-corrected chi connectivity index (χ3v) is 4.84. The number of thiophene rings is 1. The van der Waals surface area contributed by atoms with Gasteiger partial charge in [0.2, 0.25) is 0 Å². The Bertz CT molecular complexity index is 829. The number of nitrogens with one attached hydrogen (secondary N) is 2. The smallest absolute Gasteiger partial charge is 0.315 e. The van der Waals surface area contributed by atoms with Gasteiger partial charge in [0.15, 0.2) is 0 Å². The van der Waals surface area contributed by atoms with Crippen LogP contribution >= 0.6 is 11.3 Å². The number of carbonyl (C=O) groups is 1. The van der Waals surface area contributed by atoms with Crippen LogP contribution in [0, 0.1) is 5.82 Å². The number of hydrogen-bond acceptors (Lipinski definition) is 2. The molecule has 3 rings (SSSR count). The molecule has 3 aromatic rings. The van der Waals surface area contributed by atoms with Crippen LogP contribution in [0.25, 0.3) is 10.1 Å². The average Bonchev–Trinajstić information content (AvgIpc) is 2.97. The van der Waals surface area contributed by atoms with Gasteiger partial charge in [-0.1, -0.05) is 30.3 Å². The van der Waals surface area contributed by atoms with Gasteiger partial charge in [-0.05, 0) is 53.4 Å². The van der Waals surface area contributed by atoms with Crippen LogP contribution in [0.3, 0.4) is 0 Å². The number of fused-ring (bicyclic) bond motifs is 1. The van der Waals surface area contributed by atoms with Crippen LogP contribution in [0.1, 0.15) is 18.1 Å². The highest BCUT2D eigenvalue weighted by Gasteiger charge is 2.11. The van der Waals surface area contributed by atoms with E-state index in [0.717, 1.165) is 12.0 Å². The Morgan fingerprint density at radius 1 is 1.17 bits per heavy atom. The summed E-state index contributed by atoms with van der Waals surface area (Å²) in [5.74, 6) is -0.278. The maximum Gasteiger partial charge on any atom is 0.315 e. The predicted octanol–water partition coefficient (Wildman–Crippen LogP) is 4.47. The van der Waals surface area contributed by atoms with Crippen molar-refractivity contribution in [3.05, 3.63) is 70.9 Å². The zero-order valence-corrected chi connectivity index (χ0v) is 14.2. The molecule has 124 valence electrons. The van der Waals surface area contributed by atoms with Crippen LogP contribution < -0.4 is 10.6 Å². The van der Waals surface area contributed by atoms with Crippen molar-refractivity contribution in [3.8, 4) is 0 Å². The van der Waals surface area contributed by atoms with E-state index in [2.05, 4.69) is 28.1 Å². The second-order valence-electron chi connectivity index (χ2n) is 5.82. The Morgan fingerprint density at radius 2 is 1.92 bits per heavy atom. The molecule has 0 unspecified atom stereocenters. The largest absolute Gasteiger partial charge is 0.335 e. The van der Waals surface area contributed by atoms with E-state index in [1.54, 1.807) is 23.5 Å². The lowest BCUT2D eigenvalue weighted by molar-refractivity contribution is 0.237. The first-order valence-corrected chi connectivity index (χ1v) is 8.73. The number of urea groups is 1. The molecule has 0 aliphatic heterocycles. The van der Waals surface area contributed by atoms with Crippen LogP contribution in [0.4, 0.5) is 9.18 Å². The Morgan fingerprint density at radius 3 is 2.71 bits per heavy atom. The number of hydrogen-bond donors (Lipinski definition) is 2. The molecule has 0 fully saturated rings. The number of amides is 2. The summed E-state index contributed by atoms with van der Waals surface area (Å²) in [6, 6.07) is 14.2. The molecule has 0 bridgehead atoms. The molecule has 0 aliphatic carbocycles. The molecule has 24 heavy (non-hydrogen) atoms. The van der Waals surface area contributed by atoms with Crippen molar-refractivity contribution in [3.63, 3.8) is 0 Å². The topological polar surface area (TPSA) is 41.1 Å². The number of rotatable bonds is 5. The summed E-state index contributed by atoms with van der Waals surface area (Å²) in [5.41, 5.74) is 2.12. The normalized spacial score (nSPS) is 12.1. The number of carbonyl (C=O) groups excluding carboxylic acids is 1. The molecule has 2 amide bonds. The highest BCUT2D eigenvalue weighted by molar-refractivity contribution is 7.17. The van der Waals surface area contributed by atoms with Gasteiger partial charge in [0.05, 0.1) is 0 Å². The van der Waals surface area contributed by atoms with E-state index in [0.29, 0.717) is 6.54 Å². The zero-order valence-electron chi connectivity index (χ0n) is 13.4. The molecule has 5 heteroatoms. The van der Waals surface area contributed by atoms with Crippen LogP contribution in [-0.2, 0) is 13.0 Å². The predicted molar refractivity (Wildman–Crippen MR) is 96.8 cm³/mol. The highest BCUT2D eigenvalue weighted by atomic mass is 32.1. The minimum absolute atomic E-state index is 0.0243. The molecule has 1 atom stereocenters. The second kappa shape index (κ2) is 7.45. The van der Waals surface area contributed by atoms with Crippen LogP contribution in [0.2, 0.25) is 0 Å². The molecule has 2 N–H and O–H groups in total. The Kier molecular flexibility index (Phi) is 5.11. The van der Waals surface area contributed by atoms with Crippen molar-refractivity contribution in [1.82, 2.24) is 10.6 Å². The maximum absolute atomic E-state index is 12.9. The maximum atomic E-state index is 12.9. The second-order valence-corrected chi connectivity index (χ2v) is 6.73. The van der Waals surface area contributed by atoms with Gasteiger partial charge in [-0.15, -0.1) is 11.3 Å². The molecule has 0 saturated heterocycles. The lowest BCUT2D eigenvalue weighted by Gasteiger charge is -2.14. The monoisotopic (exact) mass is 342 g/mol. The Balaban J connectivity index is 1.51. The van der Waals surface area contributed by atoms with Crippen LogP contribution in [-0.4, -0.2) is 12.1 Å². The summed E-state index contributed by atoms with van der Waals surface area (Å²) < 4.78 is 14.1. The van der Waals surface area contributed by atoms with Crippen molar-refractivity contribution < 1.29 is 9.18 Å². The summed E-state index contributed by atoms with van der Waals surface area (Å²) >= 11 is 1.72. The molecule has 0 spiro atoms. The van der Waals surface area contributed by atoms with Gasteiger partial charge in [0.1, 0.15) is 5.82 Å². The molecular weight excluding hydrogens is 323 g/mol. The standard InChI is InChI=1S/C19H19FN2OS/c1-13(10-15-12-24-18-5-3-2-4-17(15)18)22-19(23)21-11-14-6-8-16(20)9-7-14/h2-9,12-13H,10-11H2,1H3,(H2,21,22,23)/t13-/m1/s1. The van der Waals surface area contributed by atoms with Gasteiger partial charge in [0.25, 0.3) is 0 Å². The van der Waals surface area contributed by atoms with E-state index in [-0.39, 0.29) is 17.9 Å². The first-order chi connectivity index (χ1) is 11.6. The summed E-state index contributed by atoms with van der Waals surface area (Å²) in [6.07, 6.45) is 0.786. The van der Waals surface area contributed by atoms with Crippen LogP contribution in [0.15, 0.2) is 53.9 Å². The molecule has 0 aliphatic rings. The molecule has 1 heterocycles. The van der Waals surface area contributed by atoms with Crippen molar-refractivity contribution in [2.45, 2.75) is 25.9 Å². The van der Waals surface area contributed by atoms with E-state index >= 15 is 0 Å². The molecule has 3 nitrogen and oxygen atoms in total. The van der Waals surface area contributed by atoms with Crippen LogP contribution in [0.5, 0.6) is 0 Å². The highest BCUT2D eigenvalue weighted by Crippen LogP contribution is 2.26. The third kappa shape index (κ3) is 4.11. The fourth-order valence-electron chi connectivity index (χ4n) is 2.63. The van der Waals surface area contributed by atoms with E-state index < -0.39 is 0 Å². The van der Waals surface area contributed by atoms with Crippen molar-refractivity contribution in [2.24, 2.45) is 0 Å². The van der Waals surface area contributed by atoms with Gasteiger partial charge in [0, 0.05) is 17.3 Å². The van der Waals surface area contributed by atoms with Crippen molar-refractivity contribution in [2.75, 3.05) is 0 Å². The van der Waals surface area contributed by atoms with Gasteiger partial charge < -0.3 is 10.6 Å². The first kappa shape index (κ1) is 16.5. The van der Waals surface area contributed by atoms with Gasteiger partial charge >= 0.3 is 6.03 Å². The van der Waals surface area contributed by atoms with Crippen molar-refractivity contribution in [1.29, 1.82) is 0 Å². The molecular formula is C19H19FN2OS. The van der Waals surface area contributed by atoms with E-state index in [4.69, 9.17) is 0 Å². The first-order valence-electron chi connectivity index (χ1n) is 7.86. The fraction of sp³-hybridized carbons (Fsp3) is 0.211. The summed E-state index contributed by atoms with van der Waals surface area (Å²) in [4.78, 5) is 12.0. The SMILES string of the molecule is C[C@H](Cc1csc2ccccc12)NC(=O)NCc1ccc(F)cc1. The summed E-state index contributed by atoms with van der Waals surface area (Å²) in [7, 11) is 0. The number of halogens is 1. The lowest BCUT2D eigenvalue weighted by atomic mass is 10.1. The Hall–Kier alpha value is -2.40. The average molecular weight is 342 g/mol. The summed E-state index contributed by atoms with van der Waals surface area (Å²) in [5, 5.41) is 9.15. The third-order valence-electron chi connectivity index (χ3n) is 3.83. The Labute approximate surface area is 144 Å². The van der Waals surface area contributed by atoms with E-state index in [9.17, 15) is 9.18 Å². The molecule has 0 radical (unpaired) electrons. The van der Waals surface area contributed by atoms with Crippen molar-refractivity contribution >= 4 is 27.5 Å². The van der Waals surface area contributed by atoms with E-state index in [1.807, 2.05) is 19.1 Å². The molecule has 0 saturated carbocycles. The van der Waals surface area contributed by atoms with Gasteiger partial charge in [-0.2, -0.15) is 0 Å². The number of benzene rings is 2. The minimum atomic E-state index is -0.278. The molecule has 1 aromatic heterocycles. The molecule has 2 aromatic carbocycles. The van der Waals surface area contributed by atoms with Gasteiger partial charge in [-0.25, -0.2) is 9.18 Å². The fourth-order valence-corrected chi connectivity index (χ4v) is 3.61. The lowest BCUT2D eigenvalue weighted by Crippen LogP contribution is -2.41. The van der Waals surface area contributed by atoms with Gasteiger partial charge in [-0.3, -0.25) is 0 Å². The summed E-state index contributed by atoms with van der Waals surface area (Å²) in [6.45, 7) is 2.37. The van der Waals surface area contributed by atoms with E-state index in [1.165, 1.54) is 27.8 Å². The zero-order chi connectivity index (χ0) is 16.9.